The summed E-state index contributed by atoms with van der Waals surface area (Å²) < 4.78 is 6.86. The van der Waals surface area contributed by atoms with Crippen molar-refractivity contribution in [2.24, 2.45) is 0 Å². The second-order valence-corrected chi connectivity index (χ2v) is 5.12. The summed E-state index contributed by atoms with van der Waals surface area (Å²) in [5.74, 6) is -0.288. The van der Waals surface area contributed by atoms with Crippen molar-refractivity contribution in [1.82, 2.24) is 15.0 Å². The Labute approximate surface area is 130 Å². The molecule has 0 bridgehead atoms. The fourth-order valence-electron chi connectivity index (χ4n) is 2.18. The summed E-state index contributed by atoms with van der Waals surface area (Å²) in [5, 5.41) is 17.7. The van der Waals surface area contributed by atoms with Crippen LogP contribution in [0.4, 0.5) is 0 Å². The van der Waals surface area contributed by atoms with Crippen LogP contribution in [0.3, 0.4) is 0 Å². The molecule has 0 aliphatic carbocycles. The SMILES string of the molecule is COc1ccc(Cl)c(Cn2nnc3cc(C(=O)O)ccc32)c1. The Kier molecular flexibility index (Phi) is 3.68. The number of nitrogens with zero attached hydrogens (tertiary/aromatic N) is 3. The number of fused-ring (bicyclic) bond motifs is 1. The van der Waals surface area contributed by atoms with Gasteiger partial charge in [0.15, 0.2) is 0 Å². The van der Waals surface area contributed by atoms with Gasteiger partial charge in [-0.25, -0.2) is 9.48 Å². The van der Waals surface area contributed by atoms with Gasteiger partial charge in [0, 0.05) is 5.02 Å². The molecule has 0 unspecified atom stereocenters. The maximum absolute atomic E-state index is 11.0. The van der Waals surface area contributed by atoms with Gasteiger partial charge in [-0.2, -0.15) is 0 Å². The Bertz CT molecular complexity index is 860. The van der Waals surface area contributed by atoms with E-state index >= 15 is 0 Å². The molecule has 2 aromatic carbocycles. The summed E-state index contributed by atoms with van der Waals surface area (Å²) in [4.78, 5) is 11.0. The van der Waals surface area contributed by atoms with Gasteiger partial charge in [-0.3, -0.25) is 0 Å². The first kappa shape index (κ1) is 14.3. The van der Waals surface area contributed by atoms with Crippen LogP contribution in [0.5, 0.6) is 5.75 Å². The van der Waals surface area contributed by atoms with Gasteiger partial charge in [-0.1, -0.05) is 16.8 Å². The molecular formula is C15H12ClN3O3. The van der Waals surface area contributed by atoms with Crippen LogP contribution in [0.15, 0.2) is 36.4 Å². The maximum Gasteiger partial charge on any atom is 0.335 e. The lowest BCUT2D eigenvalue weighted by atomic mass is 10.2. The summed E-state index contributed by atoms with van der Waals surface area (Å²) in [7, 11) is 1.59. The molecule has 0 radical (unpaired) electrons. The van der Waals surface area contributed by atoms with Gasteiger partial charge in [-0.05, 0) is 42.0 Å². The Morgan fingerprint density at radius 3 is 2.86 bits per heavy atom. The minimum Gasteiger partial charge on any atom is -0.497 e. The van der Waals surface area contributed by atoms with Crippen molar-refractivity contribution < 1.29 is 14.6 Å². The third-order valence-electron chi connectivity index (χ3n) is 3.33. The number of rotatable bonds is 4. The number of hydrogen-bond acceptors (Lipinski definition) is 4. The zero-order valence-electron chi connectivity index (χ0n) is 11.7. The van der Waals surface area contributed by atoms with Gasteiger partial charge in [0.05, 0.1) is 24.7 Å². The molecule has 6 nitrogen and oxygen atoms in total. The Morgan fingerprint density at radius 1 is 1.32 bits per heavy atom. The Morgan fingerprint density at radius 2 is 2.14 bits per heavy atom. The van der Waals surface area contributed by atoms with E-state index in [0.717, 1.165) is 11.1 Å². The number of carboxylic acids is 1. The average Bonchev–Trinajstić information content (AvgIpc) is 2.91. The summed E-state index contributed by atoms with van der Waals surface area (Å²) in [6, 6.07) is 10.1. The first-order valence-electron chi connectivity index (χ1n) is 6.47. The highest BCUT2D eigenvalue weighted by Gasteiger charge is 2.11. The van der Waals surface area contributed by atoms with E-state index in [0.29, 0.717) is 22.8 Å². The molecule has 3 aromatic rings. The molecule has 22 heavy (non-hydrogen) atoms. The molecule has 0 spiro atoms. The number of hydrogen-bond donors (Lipinski definition) is 1. The van der Waals surface area contributed by atoms with Crippen LogP contribution in [0.2, 0.25) is 5.02 Å². The van der Waals surface area contributed by atoms with E-state index in [2.05, 4.69) is 10.3 Å². The zero-order chi connectivity index (χ0) is 15.7. The van der Waals surface area contributed by atoms with E-state index in [-0.39, 0.29) is 5.56 Å². The van der Waals surface area contributed by atoms with Crippen molar-refractivity contribution in [3.05, 3.63) is 52.5 Å². The number of ether oxygens (including phenoxy) is 1. The highest BCUT2D eigenvalue weighted by Crippen LogP contribution is 2.24. The van der Waals surface area contributed by atoms with E-state index in [4.69, 9.17) is 21.4 Å². The maximum atomic E-state index is 11.0. The highest BCUT2D eigenvalue weighted by molar-refractivity contribution is 6.31. The van der Waals surface area contributed by atoms with Crippen LogP contribution < -0.4 is 4.74 Å². The van der Waals surface area contributed by atoms with Crippen molar-refractivity contribution in [3.63, 3.8) is 0 Å². The zero-order valence-corrected chi connectivity index (χ0v) is 12.4. The summed E-state index contributed by atoms with van der Waals surface area (Å²) in [5.41, 5.74) is 2.29. The number of benzene rings is 2. The monoisotopic (exact) mass is 317 g/mol. The molecular weight excluding hydrogens is 306 g/mol. The van der Waals surface area contributed by atoms with E-state index in [9.17, 15) is 4.79 Å². The lowest BCUT2D eigenvalue weighted by molar-refractivity contribution is 0.0697. The van der Waals surface area contributed by atoms with E-state index in [1.165, 1.54) is 12.1 Å². The van der Waals surface area contributed by atoms with Crippen LogP contribution in [-0.4, -0.2) is 33.2 Å². The van der Waals surface area contributed by atoms with Crippen molar-refractivity contribution in [3.8, 4) is 5.75 Å². The number of methoxy groups -OCH3 is 1. The van der Waals surface area contributed by atoms with Crippen LogP contribution >= 0.6 is 11.6 Å². The predicted octanol–water partition coefficient (Wildman–Crippen LogP) is 2.84. The smallest absolute Gasteiger partial charge is 0.335 e. The van der Waals surface area contributed by atoms with Gasteiger partial charge in [0.25, 0.3) is 0 Å². The molecule has 0 saturated carbocycles. The molecule has 1 N–H and O–H groups in total. The second-order valence-electron chi connectivity index (χ2n) is 4.71. The molecule has 0 saturated heterocycles. The molecule has 0 aliphatic heterocycles. The largest absolute Gasteiger partial charge is 0.497 e. The van der Waals surface area contributed by atoms with Gasteiger partial charge in [0.2, 0.25) is 0 Å². The lowest BCUT2D eigenvalue weighted by Gasteiger charge is -2.07. The van der Waals surface area contributed by atoms with Gasteiger partial charge >= 0.3 is 5.97 Å². The van der Waals surface area contributed by atoms with Gasteiger partial charge in [-0.15, -0.1) is 5.10 Å². The van der Waals surface area contributed by atoms with Gasteiger partial charge in [0.1, 0.15) is 11.3 Å². The quantitative estimate of drug-likeness (QED) is 0.800. The van der Waals surface area contributed by atoms with E-state index in [1.54, 1.807) is 30.0 Å². The fraction of sp³-hybridized carbons (Fsp3) is 0.133. The predicted molar refractivity (Wildman–Crippen MR) is 81.6 cm³/mol. The molecule has 7 heteroatoms. The summed E-state index contributed by atoms with van der Waals surface area (Å²) in [6.45, 7) is 0.416. The third kappa shape index (κ3) is 2.60. The molecule has 0 fully saturated rings. The molecule has 0 amide bonds. The Hall–Kier alpha value is -2.60. The minimum atomic E-state index is -0.993. The molecule has 112 valence electrons. The van der Waals surface area contributed by atoms with Crippen molar-refractivity contribution in [2.75, 3.05) is 7.11 Å². The first-order chi connectivity index (χ1) is 10.6. The van der Waals surface area contributed by atoms with Crippen molar-refractivity contribution in [2.45, 2.75) is 6.54 Å². The van der Waals surface area contributed by atoms with E-state index < -0.39 is 5.97 Å². The van der Waals surface area contributed by atoms with Crippen LogP contribution in [0.25, 0.3) is 11.0 Å². The molecule has 3 rings (SSSR count). The number of aromatic nitrogens is 3. The standard InChI is InChI=1S/C15H12ClN3O3/c1-22-11-3-4-12(16)10(6-11)8-19-14-5-2-9(15(20)21)7-13(14)17-18-19/h2-7H,8H2,1H3,(H,20,21). The highest BCUT2D eigenvalue weighted by atomic mass is 35.5. The lowest BCUT2D eigenvalue weighted by Crippen LogP contribution is -2.03. The molecule has 0 aliphatic rings. The minimum absolute atomic E-state index is 0.180. The van der Waals surface area contributed by atoms with Crippen LogP contribution in [0.1, 0.15) is 15.9 Å². The molecule has 1 heterocycles. The van der Waals surface area contributed by atoms with Crippen molar-refractivity contribution in [1.29, 1.82) is 0 Å². The Balaban J connectivity index is 1.99. The first-order valence-corrected chi connectivity index (χ1v) is 6.85. The second kappa shape index (κ2) is 5.65. The fourth-order valence-corrected chi connectivity index (χ4v) is 2.36. The van der Waals surface area contributed by atoms with Crippen molar-refractivity contribution >= 4 is 28.6 Å². The number of carboxylic acid groups (broad SMARTS) is 1. The molecule has 0 atom stereocenters. The topological polar surface area (TPSA) is 77.2 Å². The number of aromatic carboxylic acids is 1. The average molecular weight is 318 g/mol. The molecule has 1 aromatic heterocycles. The van der Waals surface area contributed by atoms with Gasteiger partial charge < -0.3 is 9.84 Å². The summed E-state index contributed by atoms with van der Waals surface area (Å²) >= 11 is 6.19. The number of halogens is 1. The van der Waals surface area contributed by atoms with Crippen LogP contribution in [-0.2, 0) is 6.54 Å². The van der Waals surface area contributed by atoms with Crippen LogP contribution in [0, 0.1) is 0 Å². The van der Waals surface area contributed by atoms with E-state index in [1.807, 2.05) is 6.07 Å². The third-order valence-corrected chi connectivity index (χ3v) is 3.70. The normalized spacial score (nSPS) is 10.8. The number of carbonyl (C=O) groups is 1. The summed E-state index contributed by atoms with van der Waals surface area (Å²) in [6.07, 6.45) is 0.